The van der Waals surface area contributed by atoms with Crippen LogP contribution in [0.3, 0.4) is 0 Å². The average Bonchev–Trinajstić information content (AvgIpc) is 2.72. The third-order valence-electron chi connectivity index (χ3n) is 4.83. The Morgan fingerprint density at radius 3 is 2.26 bits per heavy atom. The summed E-state index contributed by atoms with van der Waals surface area (Å²) in [6.45, 7) is 10.0. The molecule has 172 valence electrons. The third kappa shape index (κ3) is 8.29. The number of aldehydes is 1. The van der Waals surface area contributed by atoms with Crippen LogP contribution in [-0.4, -0.2) is 37.5 Å². The molecule has 0 radical (unpaired) electrons. The van der Waals surface area contributed by atoms with Crippen LogP contribution in [0.2, 0.25) is 0 Å². The average molecular weight is 433 g/mol. The molecule has 2 unspecified atom stereocenters. The van der Waals surface area contributed by atoms with Gasteiger partial charge in [-0.15, -0.1) is 0 Å². The highest BCUT2D eigenvalue weighted by Crippen LogP contribution is 2.23. The van der Waals surface area contributed by atoms with Crippen molar-refractivity contribution in [3.8, 4) is 0 Å². The van der Waals surface area contributed by atoms with Crippen molar-refractivity contribution in [2.24, 2.45) is 5.92 Å². The van der Waals surface area contributed by atoms with Crippen molar-refractivity contribution in [2.75, 3.05) is 7.11 Å². The van der Waals surface area contributed by atoms with Crippen molar-refractivity contribution in [2.45, 2.75) is 79.1 Å². The summed E-state index contributed by atoms with van der Waals surface area (Å²) in [6, 6.07) is 2.89. The zero-order valence-electron chi connectivity index (χ0n) is 19.6. The van der Waals surface area contributed by atoms with E-state index in [9.17, 15) is 14.4 Å². The highest BCUT2D eigenvalue weighted by atomic mass is 16.5. The van der Waals surface area contributed by atoms with Crippen molar-refractivity contribution < 1.29 is 28.6 Å². The summed E-state index contributed by atoms with van der Waals surface area (Å²) in [5.74, 6) is -0.753. The molecule has 0 saturated carbocycles. The molecule has 0 aliphatic heterocycles. The lowest BCUT2D eigenvalue weighted by atomic mass is 9.98. The van der Waals surface area contributed by atoms with Gasteiger partial charge in [0.2, 0.25) is 0 Å². The maximum atomic E-state index is 12.9. The zero-order chi connectivity index (χ0) is 23.4. The second kappa shape index (κ2) is 13.8. The van der Waals surface area contributed by atoms with E-state index < -0.39 is 18.0 Å². The number of carbonyl (C=O) groups is 3. The molecule has 1 aromatic rings. The van der Waals surface area contributed by atoms with Gasteiger partial charge in [0.15, 0.2) is 6.29 Å². The molecule has 0 aliphatic rings. The van der Waals surface area contributed by atoms with Crippen LogP contribution >= 0.6 is 0 Å². The number of esters is 2. The van der Waals surface area contributed by atoms with E-state index in [0.29, 0.717) is 24.2 Å². The summed E-state index contributed by atoms with van der Waals surface area (Å²) >= 11 is 0. The molecule has 1 aromatic carbocycles. The van der Waals surface area contributed by atoms with Crippen molar-refractivity contribution in [1.82, 2.24) is 0 Å². The van der Waals surface area contributed by atoms with E-state index in [1.807, 2.05) is 20.8 Å². The fourth-order valence-electron chi connectivity index (χ4n) is 3.36. The number of ether oxygens (including phenoxy) is 3. The Morgan fingerprint density at radius 1 is 1.06 bits per heavy atom. The Balaban J connectivity index is 3.29. The number of carbonyl (C=O) groups excluding carboxylic acids is 3. The van der Waals surface area contributed by atoms with Gasteiger partial charge in [-0.25, -0.2) is 9.59 Å². The predicted octanol–water partition coefficient (Wildman–Crippen LogP) is 5.53. The number of rotatable bonds is 13. The molecule has 0 aromatic heterocycles. The minimum atomic E-state index is -0.618. The van der Waals surface area contributed by atoms with E-state index >= 15 is 0 Å². The van der Waals surface area contributed by atoms with Gasteiger partial charge in [0.25, 0.3) is 0 Å². The lowest BCUT2D eigenvalue weighted by molar-refractivity contribution is 0.0224. The summed E-state index contributed by atoms with van der Waals surface area (Å²) in [6.07, 6.45) is 6.57. The van der Waals surface area contributed by atoms with Crippen LogP contribution in [0.5, 0.6) is 0 Å². The van der Waals surface area contributed by atoms with E-state index in [1.54, 1.807) is 12.2 Å². The first-order valence-corrected chi connectivity index (χ1v) is 11.0. The Morgan fingerprint density at radius 2 is 1.74 bits per heavy atom. The van der Waals surface area contributed by atoms with Gasteiger partial charge in [-0.05, 0) is 55.9 Å². The van der Waals surface area contributed by atoms with Gasteiger partial charge in [-0.2, -0.15) is 0 Å². The molecule has 0 bridgehead atoms. The molecule has 0 saturated heterocycles. The van der Waals surface area contributed by atoms with Gasteiger partial charge in [-0.1, -0.05) is 40.2 Å². The largest absolute Gasteiger partial charge is 0.459 e. The Labute approximate surface area is 186 Å². The van der Waals surface area contributed by atoms with Crippen LogP contribution in [0.15, 0.2) is 24.3 Å². The molecular weight excluding hydrogens is 396 g/mol. The van der Waals surface area contributed by atoms with Crippen molar-refractivity contribution in [3.63, 3.8) is 0 Å². The summed E-state index contributed by atoms with van der Waals surface area (Å²) in [4.78, 5) is 37.4. The highest BCUT2D eigenvalue weighted by molar-refractivity contribution is 6.02. The van der Waals surface area contributed by atoms with E-state index in [4.69, 9.17) is 14.2 Å². The summed E-state index contributed by atoms with van der Waals surface area (Å²) < 4.78 is 16.5. The standard InChI is InChI=1S/C25H36O6/c1-7-10-20(9-3)30-24(27)22-14-19(16-29-6)23(13-18(22)15-26)25(28)31-21(11-8-2)12-17(4)5/h7,10,13-15,17,20-21H,8-9,11-12,16H2,1-6H3/b10-7-. The van der Waals surface area contributed by atoms with Gasteiger partial charge in [0, 0.05) is 12.7 Å². The molecule has 0 spiro atoms. The SMILES string of the molecule is C/C=C\C(CC)OC(=O)c1cc(COC)c(C(=O)OC(CCC)CC(C)C)cc1C=O. The van der Waals surface area contributed by atoms with Crippen molar-refractivity contribution in [3.05, 3.63) is 46.5 Å². The number of hydrogen-bond acceptors (Lipinski definition) is 6. The molecular formula is C25H36O6. The number of allylic oxidation sites excluding steroid dienone is 1. The van der Waals surface area contributed by atoms with Gasteiger partial charge < -0.3 is 14.2 Å². The Kier molecular flexibility index (Phi) is 11.8. The third-order valence-corrected chi connectivity index (χ3v) is 4.83. The molecule has 2 atom stereocenters. The van der Waals surface area contributed by atoms with Gasteiger partial charge >= 0.3 is 11.9 Å². The molecule has 1 rings (SSSR count). The van der Waals surface area contributed by atoms with Crippen LogP contribution in [0.4, 0.5) is 0 Å². The molecule has 0 heterocycles. The maximum Gasteiger partial charge on any atom is 0.339 e. The van der Waals surface area contributed by atoms with Gasteiger partial charge in [0.05, 0.1) is 17.7 Å². The Hall–Kier alpha value is -2.47. The Bertz CT molecular complexity index is 766. The number of hydrogen-bond donors (Lipinski definition) is 0. The van der Waals surface area contributed by atoms with Gasteiger partial charge in [-0.3, -0.25) is 4.79 Å². The molecule has 0 N–H and O–H groups in total. The maximum absolute atomic E-state index is 12.9. The summed E-state index contributed by atoms with van der Waals surface area (Å²) in [5.41, 5.74) is 0.895. The second-order valence-electron chi connectivity index (χ2n) is 7.97. The van der Waals surface area contributed by atoms with Crippen LogP contribution < -0.4 is 0 Å². The summed E-state index contributed by atoms with van der Waals surface area (Å²) in [5, 5.41) is 0. The molecule has 6 heteroatoms. The number of benzene rings is 1. The summed E-state index contributed by atoms with van der Waals surface area (Å²) in [7, 11) is 1.50. The quantitative estimate of drug-likeness (QED) is 0.232. The van der Waals surface area contributed by atoms with Gasteiger partial charge in [0.1, 0.15) is 12.2 Å². The van der Waals surface area contributed by atoms with Crippen LogP contribution in [0.25, 0.3) is 0 Å². The smallest absolute Gasteiger partial charge is 0.339 e. The first-order chi connectivity index (χ1) is 14.8. The fourth-order valence-corrected chi connectivity index (χ4v) is 3.36. The predicted molar refractivity (Wildman–Crippen MR) is 120 cm³/mol. The monoisotopic (exact) mass is 432 g/mol. The van der Waals surface area contributed by atoms with E-state index in [2.05, 4.69) is 13.8 Å². The second-order valence-corrected chi connectivity index (χ2v) is 7.97. The lowest BCUT2D eigenvalue weighted by Gasteiger charge is -2.21. The number of methoxy groups -OCH3 is 1. The van der Waals surface area contributed by atoms with Crippen LogP contribution in [0.1, 0.15) is 96.9 Å². The molecule has 0 aliphatic carbocycles. The van der Waals surface area contributed by atoms with Crippen molar-refractivity contribution >= 4 is 18.2 Å². The molecule has 6 nitrogen and oxygen atoms in total. The van der Waals surface area contributed by atoms with Crippen LogP contribution in [-0.2, 0) is 20.8 Å². The van der Waals surface area contributed by atoms with Crippen molar-refractivity contribution in [1.29, 1.82) is 0 Å². The molecule has 31 heavy (non-hydrogen) atoms. The first kappa shape index (κ1) is 26.6. The minimum Gasteiger partial charge on any atom is -0.459 e. The topological polar surface area (TPSA) is 78.9 Å². The lowest BCUT2D eigenvalue weighted by Crippen LogP contribution is -2.22. The molecule has 0 amide bonds. The van der Waals surface area contributed by atoms with Crippen LogP contribution in [0, 0.1) is 5.92 Å². The van der Waals surface area contributed by atoms with E-state index in [-0.39, 0.29) is 29.4 Å². The molecule has 0 fully saturated rings. The first-order valence-electron chi connectivity index (χ1n) is 11.0. The highest BCUT2D eigenvalue weighted by Gasteiger charge is 2.24. The zero-order valence-corrected chi connectivity index (χ0v) is 19.6. The van der Waals surface area contributed by atoms with E-state index in [1.165, 1.54) is 19.2 Å². The fraction of sp³-hybridized carbons (Fsp3) is 0.560. The minimum absolute atomic E-state index is 0.0861. The van der Waals surface area contributed by atoms with E-state index in [0.717, 1.165) is 19.3 Å². The normalized spacial score (nSPS) is 13.3.